The fourth-order valence-corrected chi connectivity index (χ4v) is 1.35. The van der Waals surface area contributed by atoms with Gasteiger partial charge in [0, 0.05) is 19.5 Å². The third-order valence-corrected chi connectivity index (χ3v) is 2.40. The van der Waals surface area contributed by atoms with Crippen molar-refractivity contribution < 1.29 is 4.79 Å². The fraction of sp³-hybridized carbons (Fsp3) is 0.900. The molecule has 0 atom stereocenters. The molecule has 0 saturated heterocycles. The molecule has 1 aliphatic rings. The van der Waals surface area contributed by atoms with Gasteiger partial charge in [-0.15, -0.1) is 0 Å². The molecule has 0 heterocycles. The minimum absolute atomic E-state index is 0.367. The van der Waals surface area contributed by atoms with Crippen molar-refractivity contribution in [2.75, 3.05) is 13.6 Å². The van der Waals surface area contributed by atoms with Crippen molar-refractivity contribution in [2.45, 2.75) is 39.0 Å². The zero-order valence-corrected chi connectivity index (χ0v) is 8.18. The number of hydrogen-bond donors (Lipinski definition) is 0. The molecule has 2 nitrogen and oxygen atoms in total. The van der Waals surface area contributed by atoms with Crippen LogP contribution in [-0.2, 0) is 4.79 Å². The SMILES string of the molecule is CCCCCN(C)C(=O)C1CC1. The summed E-state index contributed by atoms with van der Waals surface area (Å²) in [6.07, 6.45) is 5.87. The molecule has 70 valence electrons. The van der Waals surface area contributed by atoms with Gasteiger partial charge in [0.1, 0.15) is 0 Å². The Hall–Kier alpha value is -0.530. The van der Waals surface area contributed by atoms with Gasteiger partial charge in [0.05, 0.1) is 0 Å². The first-order valence-corrected chi connectivity index (χ1v) is 5.00. The second-order valence-corrected chi connectivity index (χ2v) is 3.74. The average molecular weight is 169 g/mol. The van der Waals surface area contributed by atoms with Crippen molar-refractivity contribution in [3.8, 4) is 0 Å². The molecule has 0 spiro atoms. The van der Waals surface area contributed by atoms with Gasteiger partial charge in [0.15, 0.2) is 0 Å². The number of amides is 1. The summed E-state index contributed by atoms with van der Waals surface area (Å²) in [5, 5.41) is 0. The van der Waals surface area contributed by atoms with Gasteiger partial charge >= 0.3 is 0 Å². The van der Waals surface area contributed by atoms with Gasteiger partial charge in [0.25, 0.3) is 0 Å². The number of nitrogens with zero attached hydrogens (tertiary/aromatic N) is 1. The number of unbranched alkanes of at least 4 members (excludes halogenated alkanes) is 2. The second-order valence-electron chi connectivity index (χ2n) is 3.74. The van der Waals surface area contributed by atoms with Crippen molar-refractivity contribution in [3.05, 3.63) is 0 Å². The van der Waals surface area contributed by atoms with Gasteiger partial charge in [-0.25, -0.2) is 0 Å². The molecule has 0 aromatic rings. The molecule has 2 heteroatoms. The van der Waals surface area contributed by atoms with E-state index in [-0.39, 0.29) is 0 Å². The smallest absolute Gasteiger partial charge is 0.225 e. The van der Waals surface area contributed by atoms with Crippen molar-refractivity contribution in [2.24, 2.45) is 5.92 Å². The van der Waals surface area contributed by atoms with Crippen LogP contribution in [-0.4, -0.2) is 24.4 Å². The Balaban J connectivity index is 2.09. The minimum Gasteiger partial charge on any atom is -0.346 e. The molecule has 12 heavy (non-hydrogen) atoms. The predicted molar refractivity (Wildman–Crippen MR) is 49.9 cm³/mol. The number of hydrogen-bond acceptors (Lipinski definition) is 1. The lowest BCUT2D eigenvalue weighted by Crippen LogP contribution is -2.28. The minimum atomic E-state index is 0.367. The molecular weight excluding hydrogens is 150 g/mol. The fourth-order valence-electron chi connectivity index (χ4n) is 1.35. The molecule has 0 aromatic carbocycles. The summed E-state index contributed by atoms with van der Waals surface area (Å²) in [4.78, 5) is 13.3. The summed E-state index contributed by atoms with van der Waals surface area (Å²) >= 11 is 0. The Morgan fingerprint density at radius 2 is 2.08 bits per heavy atom. The van der Waals surface area contributed by atoms with Gasteiger partial charge in [-0.3, -0.25) is 4.79 Å². The van der Waals surface area contributed by atoms with Crippen molar-refractivity contribution >= 4 is 5.91 Å². The standard InChI is InChI=1S/C10H19NO/c1-3-4-5-8-11(2)10(12)9-6-7-9/h9H,3-8H2,1-2H3. The average Bonchev–Trinajstić information content (AvgIpc) is 2.86. The summed E-state index contributed by atoms with van der Waals surface area (Å²) < 4.78 is 0. The van der Waals surface area contributed by atoms with E-state index in [0.29, 0.717) is 11.8 Å². The first kappa shape index (κ1) is 9.56. The molecule has 1 fully saturated rings. The molecule has 0 aliphatic heterocycles. The summed E-state index contributed by atoms with van der Waals surface area (Å²) in [6.45, 7) is 3.13. The molecule has 0 aromatic heterocycles. The van der Waals surface area contributed by atoms with E-state index in [9.17, 15) is 4.79 Å². The van der Waals surface area contributed by atoms with Crippen LogP contribution in [0.25, 0.3) is 0 Å². The Labute approximate surface area is 74.9 Å². The topological polar surface area (TPSA) is 20.3 Å². The number of rotatable bonds is 5. The van der Waals surface area contributed by atoms with E-state index in [0.717, 1.165) is 25.8 Å². The highest BCUT2D eigenvalue weighted by Gasteiger charge is 2.31. The van der Waals surface area contributed by atoms with Gasteiger partial charge in [-0.2, -0.15) is 0 Å². The zero-order valence-electron chi connectivity index (χ0n) is 8.18. The van der Waals surface area contributed by atoms with Crippen LogP contribution < -0.4 is 0 Å². The predicted octanol–water partition coefficient (Wildman–Crippen LogP) is 2.04. The maximum atomic E-state index is 11.4. The van der Waals surface area contributed by atoms with E-state index in [1.54, 1.807) is 0 Å². The summed E-state index contributed by atoms with van der Waals surface area (Å²) in [5.74, 6) is 0.753. The molecular formula is C10H19NO. The number of carbonyl (C=O) groups is 1. The van der Waals surface area contributed by atoms with Crippen LogP contribution in [0.4, 0.5) is 0 Å². The van der Waals surface area contributed by atoms with Crippen molar-refractivity contribution in [1.82, 2.24) is 4.90 Å². The maximum absolute atomic E-state index is 11.4. The molecule has 1 aliphatic carbocycles. The molecule has 1 rings (SSSR count). The van der Waals surface area contributed by atoms with Crippen LogP contribution in [0.15, 0.2) is 0 Å². The largest absolute Gasteiger partial charge is 0.346 e. The van der Waals surface area contributed by atoms with Gasteiger partial charge in [-0.05, 0) is 19.3 Å². The molecule has 0 radical (unpaired) electrons. The van der Waals surface area contributed by atoms with E-state index in [2.05, 4.69) is 6.92 Å². The van der Waals surface area contributed by atoms with Crippen LogP contribution in [0.3, 0.4) is 0 Å². The van der Waals surface area contributed by atoms with Crippen LogP contribution in [0.2, 0.25) is 0 Å². The lowest BCUT2D eigenvalue weighted by atomic mass is 10.2. The normalized spacial score (nSPS) is 16.2. The summed E-state index contributed by atoms with van der Waals surface area (Å²) in [7, 11) is 1.93. The molecule has 0 bridgehead atoms. The van der Waals surface area contributed by atoms with Crippen LogP contribution in [0.1, 0.15) is 39.0 Å². The van der Waals surface area contributed by atoms with Crippen molar-refractivity contribution in [1.29, 1.82) is 0 Å². The van der Waals surface area contributed by atoms with Gasteiger partial charge in [-0.1, -0.05) is 19.8 Å². The molecule has 1 saturated carbocycles. The van der Waals surface area contributed by atoms with E-state index < -0.39 is 0 Å². The zero-order chi connectivity index (χ0) is 8.97. The highest BCUT2D eigenvalue weighted by Crippen LogP contribution is 2.30. The first-order valence-electron chi connectivity index (χ1n) is 5.00. The highest BCUT2D eigenvalue weighted by molar-refractivity contribution is 5.80. The van der Waals surface area contributed by atoms with E-state index in [4.69, 9.17) is 0 Å². The van der Waals surface area contributed by atoms with Gasteiger partial charge < -0.3 is 4.90 Å². The maximum Gasteiger partial charge on any atom is 0.225 e. The van der Waals surface area contributed by atoms with E-state index in [1.807, 2.05) is 11.9 Å². The van der Waals surface area contributed by atoms with Crippen LogP contribution in [0.5, 0.6) is 0 Å². The lowest BCUT2D eigenvalue weighted by molar-refractivity contribution is -0.131. The Morgan fingerprint density at radius 1 is 1.42 bits per heavy atom. The monoisotopic (exact) mass is 169 g/mol. The van der Waals surface area contributed by atoms with Crippen molar-refractivity contribution in [3.63, 3.8) is 0 Å². The summed E-state index contributed by atoms with van der Waals surface area (Å²) in [6, 6.07) is 0. The lowest BCUT2D eigenvalue weighted by Gasteiger charge is -2.16. The quantitative estimate of drug-likeness (QED) is 0.577. The van der Waals surface area contributed by atoms with Gasteiger partial charge in [0.2, 0.25) is 5.91 Å². The third-order valence-electron chi connectivity index (χ3n) is 2.40. The number of carbonyl (C=O) groups excluding carboxylic acids is 1. The Kier molecular flexibility index (Phi) is 3.57. The Bertz CT molecular complexity index is 152. The third kappa shape index (κ3) is 2.84. The molecule has 0 N–H and O–H groups in total. The van der Waals surface area contributed by atoms with E-state index >= 15 is 0 Å². The molecule has 1 amide bonds. The molecule has 0 unspecified atom stereocenters. The van der Waals surface area contributed by atoms with Crippen LogP contribution in [0, 0.1) is 5.92 Å². The highest BCUT2D eigenvalue weighted by atomic mass is 16.2. The second kappa shape index (κ2) is 4.48. The van der Waals surface area contributed by atoms with E-state index in [1.165, 1.54) is 12.8 Å². The summed E-state index contributed by atoms with van der Waals surface area (Å²) in [5.41, 5.74) is 0. The Morgan fingerprint density at radius 3 is 2.58 bits per heavy atom. The first-order chi connectivity index (χ1) is 5.75. The van der Waals surface area contributed by atoms with Crippen LogP contribution >= 0.6 is 0 Å².